The molecular formula is C25H30N6O2S2. The third-order valence-corrected chi connectivity index (χ3v) is 8.39. The Labute approximate surface area is 212 Å². The molecule has 1 aliphatic heterocycles. The normalized spacial score (nSPS) is 13.3. The van der Waals surface area contributed by atoms with Crippen molar-refractivity contribution in [2.24, 2.45) is 0 Å². The van der Waals surface area contributed by atoms with Crippen LogP contribution in [0.4, 0.5) is 5.00 Å². The number of anilines is 1. The number of H-pyrrole nitrogens is 1. The predicted molar refractivity (Wildman–Crippen MR) is 143 cm³/mol. The zero-order valence-corrected chi connectivity index (χ0v) is 21.8. The number of fused-ring (bicyclic) bond motifs is 2. The number of aromatic nitrogens is 3. The summed E-state index contributed by atoms with van der Waals surface area (Å²) in [5.74, 6) is 0.0111. The fourth-order valence-electron chi connectivity index (χ4n) is 4.50. The Morgan fingerprint density at radius 2 is 2.09 bits per heavy atom. The fraction of sp³-hybridized carbons (Fsp3) is 0.400. The van der Waals surface area contributed by atoms with Crippen LogP contribution in [0.1, 0.15) is 28.2 Å². The average Bonchev–Trinajstić information content (AvgIpc) is 3.52. The van der Waals surface area contributed by atoms with E-state index in [1.54, 1.807) is 29.8 Å². The molecule has 0 aliphatic carbocycles. The molecule has 1 aliphatic rings. The fourth-order valence-corrected chi connectivity index (χ4v) is 6.89. The van der Waals surface area contributed by atoms with Crippen molar-refractivity contribution in [3.8, 4) is 21.7 Å². The van der Waals surface area contributed by atoms with Gasteiger partial charge >= 0.3 is 0 Å². The van der Waals surface area contributed by atoms with Gasteiger partial charge in [-0.15, -0.1) is 22.7 Å². The zero-order valence-electron chi connectivity index (χ0n) is 20.2. The van der Waals surface area contributed by atoms with Gasteiger partial charge in [-0.1, -0.05) is 6.07 Å². The molecular weight excluding hydrogens is 480 g/mol. The van der Waals surface area contributed by atoms with E-state index in [2.05, 4.69) is 44.3 Å². The lowest BCUT2D eigenvalue weighted by molar-refractivity contribution is -0.116. The van der Waals surface area contributed by atoms with Crippen LogP contribution in [0.15, 0.2) is 18.2 Å². The van der Waals surface area contributed by atoms with Crippen molar-refractivity contribution >= 4 is 43.8 Å². The molecule has 1 aromatic carbocycles. The van der Waals surface area contributed by atoms with Crippen molar-refractivity contribution in [2.75, 3.05) is 38.7 Å². The number of benzene rings is 1. The minimum atomic E-state index is 0.0111. The van der Waals surface area contributed by atoms with Gasteiger partial charge in [-0.3, -0.25) is 9.89 Å². The molecule has 0 spiro atoms. The molecule has 0 fully saturated rings. The van der Waals surface area contributed by atoms with E-state index in [9.17, 15) is 4.79 Å². The molecule has 4 heterocycles. The number of rotatable bonds is 9. The van der Waals surface area contributed by atoms with E-state index >= 15 is 0 Å². The molecule has 0 saturated carbocycles. The second kappa shape index (κ2) is 10.5. The van der Waals surface area contributed by atoms with Crippen LogP contribution in [0.2, 0.25) is 0 Å². The number of carbonyl (C=O) groups excluding carboxylic acids is 1. The minimum absolute atomic E-state index is 0.0111. The van der Waals surface area contributed by atoms with Gasteiger partial charge in [-0.2, -0.15) is 5.10 Å². The van der Waals surface area contributed by atoms with E-state index in [-0.39, 0.29) is 5.91 Å². The second-order valence-corrected chi connectivity index (χ2v) is 10.8. The van der Waals surface area contributed by atoms with Gasteiger partial charge in [0.1, 0.15) is 10.0 Å². The number of nitrogens with zero attached hydrogens (tertiary/aromatic N) is 2. The highest BCUT2D eigenvalue weighted by Crippen LogP contribution is 2.45. The van der Waals surface area contributed by atoms with Crippen molar-refractivity contribution < 1.29 is 9.53 Å². The van der Waals surface area contributed by atoms with Gasteiger partial charge in [0, 0.05) is 54.9 Å². The Balaban J connectivity index is 1.45. The number of nitrogens with one attached hydrogen (secondary N) is 4. The summed E-state index contributed by atoms with van der Waals surface area (Å²) in [6.07, 6.45) is 1.35. The van der Waals surface area contributed by atoms with Crippen molar-refractivity contribution in [1.29, 1.82) is 0 Å². The maximum atomic E-state index is 12.7. The zero-order chi connectivity index (χ0) is 24.4. The first-order chi connectivity index (χ1) is 17.0. The minimum Gasteiger partial charge on any atom is -0.383 e. The molecule has 0 atom stereocenters. The number of thiophene rings is 1. The van der Waals surface area contributed by atoms with Crippen LogP contribution in [-0.4, -0.2) is 54.4 Å². The Bertz CT molecular complexity index is 1340. The van der Waals surface area contributed by atoms with Gasteiger partial charge in [0.2, 0.25) is 5.91 Å². The van der Waals surface area contributed by atoms with Crippen LogP contribution in [0, 0.1) is 13.8 Å². The summed E-state index contributed by atoms with van der Waals surface area (Å²) in [5, 5.41) is 19.2. The second-order valence-electron chi connectivity index (χ2n) is 8.69. The van der Waals surface area contributed by atoms with E-state index < -0.39 is 0 Å². The lowest BCUT2D eigenvalue weighted by Crippen LogP contribution is -2.24. The van der Waals surface area contributed by atoms with Crippen molar-refractivity contribution in [3.63, 3.8) is 0 Å². The standard InChI is InChI=1S/C25H30N6O2S2/c1-14-22(15(2)31-30-14)16-4-5-18-19(12-16)34-24(28-18)23-17-6-8-27-13-20(17)35-25(23)29-21(32)7-9-26-10-11-33-3/h4-5,12,26-27H,6-11,13H2,1-3H3,(H,29,32)(H,30,31). The number of aromatic amines is 1. The molecule has 35 heavy (non-hydrogen) atoms. The first-order valence-electron chi connectivity index (χ1n) is 11.8. The molecule has 4 aromatic rings. The third-order valence-electron chi connectivity index (χ3n) is 6.21. The highest BCUT2D eigenvalue weighted by Gasteiger charge is 2.25. The number of hydrogen-bond donors (Lipinski definition) is 4. The Morgan fingerprint density at radius 3 is 2.89 bits per heavy atom. The average molecular weight is 511 g/mol. The van der Waals surface area contributed by atoms with Crippen molar-refractivity contribution in [2.45, 2.75) is 33.2 Å². The van der Waals surface area contributed by atoms with Crippen molar-refractivity contribution in [3.05, 3.63) is 40.0 Å². The maximum Gasteiger partial charge on any atom is 0.226 e. The van der Waals surface area contributed by atoms with Crippen LogP contribution < -0.4 is 16.0 Å². The topological polar surface area (TPSA) is 104 Å². The third kappa shape index (κ3) is 5.03. The molecule has 10 heteroatoms. The number of hydrogen-bond acceptors (Lipinski definition) is 8. The number of aryl methyl sites for hydroxylation is 2. The predicted octanol–water partition coefficient (Wildman–Crippen LogP) is 4.24. The highest BCUT2D eigenvalue weighted by atomic mass is 32.1. The summed E-state index contributed by atoms with van der Waals surface area (Å²) < 4.78 is 6.17. The van der Waals surface area contributed by atoms with Crippen molar-refractivity contribution in [1.82, 2.24) is 25.8 Å². The molecule has 5 rings (SSSR count). The summed E-state index contributed by atoms with van der Waals surface area (Å²) in [5.41, 5.74) is 7.71. The van der Waals surface area contributed by atoms with Crippen LogP contribution in [0.5, 0.6) is 0 Å². The van der Waals surface area contributed by atoms with Crippen LogP contribution in [0.3, 0.4) is 0 Å². The molecule has 0 unspecified atom stereocenters. The largest absolute Gasteiger partial charge is 0.383 e. The summed E-state index contributed by atoms with van der Waals surface area (Å²) in [6, 6.07) is 6.40. The first-order valence-corrected chi connectivity index (χ1v) is 13.5. The molecule has 184 valence electrons. The Hall–Kier alpha value is -2.63. The lowest BCUT2D eigenvalue weighted by Gasteiger charge is -2.13. The molecule has 4 N–H and O–H groups in total. The number of amides is 1. The Kier molecular flexibility index (Phi) is 7.26. The highest BCUT2D eigenvalue weighted by molar-refractivity contribution is 7.23. The van der Waals surface area contributed by atoms with E-state index in [0.29, 0.717) is 19.6 Å². The van der Waals surface area contributed by atoms with Gasteiger partial charge in [0.15, 0.2) is 0 Å². The smallest absolute Gasteiger partial charge is 0.226 e. The quantitative estimate of drug-likeness (QED) is 0.251. The summed E-state index contributed by atoms with van der Waals surface area (Å²) in [7, 11) is 1.67. The monoisotopic (exact) mass is 510 g/mol. The molecule has 3 aromatic heterocycles. The number of thiazole rings is 1. The first kappa shape index (κ1) is 24.1. The number of methoxy groups -OCH3 is 1. The van der Waals surface area contributed by atoms with Gasteiger partial charge in [0.05, 0.1) is 22.5 Å². The van der Waals surface area contributed by atoms with E-state index in [0.717, 1.165) is 74.4 Å². The van der Waals surface area contributed by atoms with Crippen LogP contribution >= 0.6 is 22.7 Å². The summed E-state index contributed by atoms with van der Waals surface area (Å²) in [4.78, 5) is 19.0. The SMILES string of the molecule is COCCNCCC(=O)Nc1sc2c(c1-c1nc3ccc(-c4c(C)n[nH]c4C)cc3s1)CCNC2. The molecule has 8 nitrogen and oxygen atoms in total. The molecule has 0 radical (unpaired) electrons. The van der Waals surface area contributed by atoms with E-state index in [4.69, 9.17) is 9.72 Å². The number of carbonyl (C=O) groups is 1. The number of ether oxygens (including phenoxy) is 1. The lowest BCUT2D eigenvalue weighted by atomic mass is 10.0. The van der Waals surface area contributed by atoms with Gasteiger partial charge in [-0.05, 0) is 50.1 Å². The molecule has 1 amide bonds. The molecule has 0 bridgehead atoms. The summed E-state index contributed by atoms with van der Waals surface area (Å²) in [6.45, 7) is 7.82. The van der Waals surface area contributed by atoms with E-state index in [1.807, 2.05) is 13.8 Å². The Morgan fingerprint density at radius 1 is 1.20 bits per heavy atom. The maximum absolute atomic E-state index is 12.7. The summed E-state index contributed by atoms with van der Waals surface area (Å²) >= 11 is 3.35. The van der Waals surface area contributed by atoms with Crippen LogP contribution in [0.25, 0.3) is 31.9 Å². The molecule has 0 saturated heterocycles. The van der Waals surface area contributed by atoms with E-state index in [1.165, 1.54) is 10.4 Å². The van der Waals surface area contributed by atoms with Gasteiger partial charge in [-0.25, -0.2) is 4.98 Å². The van der Waals surface area contributed by atoms with Gasteiger partial charge in [0.25, 0.3) is 0 Å². The van der Waals surface area contributed by atoms with Crippen LogP contribution in [-0.2, 0) is 22.5 Å². The van der Waals surface area contributed by atoms with Gasteiger partial charge < -0.3 is 20.7 Å².